The van der Waals surface area contributed by atoms with Gasteiger partial charge in [0.2, 0.25) is 5.91 Å². The van der Waals surface area contributed by atoms with Gasteiger partial charge in [0.05, 0.1) is 40.7 Å². The number of non-ortho nitro benzene ring substituents is 1. The molecule has 10 heteroatoms. The van der Waals surface area contributed by atoms with E-state index in [-0.39, 0.29) is 17.1 Å². The summed E-state index contributed by atoms with van der Waals surface area (Å²) in [6, 6.07) is 10.1. The SMILES string of the molecule is COc1ccc(Oc2cc(NC(=O)C(C)n3ncc(Cl)c3C)cc([N+](=O)[O-])c2)cc1. The Morgan fingerprint density at radius 1 is 1.20 bits per heavy atom. The minimum atomic E-state index is -0.678. The van der Waals surface area contributed by atoms with E-state index < -0.39 is 16.9 Å². The number of nitrogens with zero attached hydrogens (tertiary/aromatic N) is 3. The summed E-state index contributed by atoms with van der Waals surface area (Å²) in [5, 5.41) is 18.5. The summed E-state index contributed by atoms with van der Waals surface area (Å²) in [6.07, 6.45) is 1.45. The Balaban J connectivity index is 1.83. The molecule has 0 bridgehead atoms. The Morgan fingerprint density at radius 2 is 1.87 bits per heavy atom. The van der Waals surface area contributed by atoms with E-state index in [0.29, 0.717) is 22.2 Å². The Bertz CT molecular complexity index is 1080. The van der Waals surface area contributed by atoms with Gasteiger partial charge >= 0.3 is 0 Å². The monoisotopic (exact) mass is 430 g/mol. The number of halogens is 1. The molecule has 1 amide bonds. The number of aromatic nitrogens is 2. The standard InChI is InChI=1S/C20H19ClN4O5/c1-12-19(21)11-22-24(12)13(2)20(26)23-14-8-15(25(27)28)10-18(9-14)30-17-6-4-16(29-3)5-7-17/h4-11,13H,1-3H3,(H,23,26). The average Bonchev–Trinajstić information content (AvgIpc) is 3.06. The number of rotatable bonds is 7. The average molecular weight is 431 g/mol. The molecule has 0 aliphatic rings. The zero-order valence-electron chi connectivity index (χ0n) is 16.5. The molecule has 0 saturated heterocycles. The summed E-state index contributed by atoms with van der Waals surface area (Å²) in [4.78, 5) is 23.4. The molecule has 1 aromatic heterocycles. The molecule has 0 aliphatic carbocycles. The van der Waals surface area contributed by atoms with Crippen LogP contribution in [0.15, 0.2) is 48.7 Å². The fraction of sp³-hybridized carbons (Fsp3) is 0.200. The van der Waals surface area contributed by atoms with Crippen molar-refractivity contribution < 1.29 is 19.2 Å². The van der Waals surface area contributed by atoms with Crippen molar-refractivity contribution >= 4 is 28.9 Å². The first-order chi connectivity index (χ1) is 14.3. The Hall–Kier alpha value is -3.59. The first kappa shape index (κ1) is 21.1. The van der Waals surface area contributed by atoms with Crippen molar-refractivity contribution in [2.45, 2.75) is 19.9 Å². The van der Waals surface area contributed by atoms with Crippen LogP contribution in [-0.4, -0.2) is 27.7 Å². The van der Waals surface area contributed by atoms with Crippen LogP contribution in [0.3, 0.4) is 0 Å². The molecule has 1 unspecified atom stereocenters. The maximum Gasteiger partial charge on any atom is 0.275 e. The zero-order chi connectivity index (χ0) is 21.8. The lowest BCUT2D eigenvalue weighted by atomic mass is 10.2. The molecule has 1 heterocycles. The third-order valence-corrected chi connectivity index (χ3v) is 4.77. The van der Waals surface area contributed by atoms with Gasteiger partial charge in [-0.15, -0.1) is 0 Å². The molecule has 2 aromatic carbocycles. The quantitative estimate of drug-likeness (QED) is 0.427. The molecule has 0 radical (unpaired) electrons. The highest BCUT2D eigenvalue weighted by Crippen LogP contribution is 2.31. The van der Waals surface area contributed by atoms with Crippen molar-refractivity contribution in [2.75, 3.05) is 12.4 Å². The van der Waals surface area contributed by atoms with Gasteiger partial charge in [-0.05, 0) is 38.1 Å². The number of nitro groups is 1. The van der Waals surface area contributed by atoms with Gasteiger partial charge < -0.3 is 14.8 Å². The van der Waals surface area contributed by atoms with E-state index in [0.717, 1.165) is 0 Å². The molecule has 156 valence electrons. The Labute approximate surface area is 177 Å². The third-order valence-electron chi connectivity index (χ3n) is 4.40. The second-order valence-corrected chi connectivity index (χ2v) is 6.85. The summed E-state index contributed by atoms with van der Waals surface area (Å²) in [6.45, 7) is 3.39. The lowest BCUT2D eigenvalue weighted by Gasteiger charge is -2.15. The summed E-state index contributed by atoms with van der Waals surface area (Å²) in [5.74, 6) is 0.908. The number of carbonyl (C=O) groups is 1. The number of benzene rings is 2. The van der Waals surface area contributed by atoms with Crippen LogP contribution in [-0.2, 0) is 4.79 Å². The van der Waals surface area contributed by atoms with E-state index in [4.69, 9.17) is 21.1 Å². The van der Waals surface area contributed by atoms with Crippen LogP contribution < -0.4 is 14.8 Å². The summed E-state index contributed by atoms with van der Waals surface area (Å²) in [7, 11) is 1.55. The molecule has 1 N–H and O–H groups in total. The highest BCUT2D eigenvalue weighted by atomic mass is 35.5. The molecule has 9 nitrogen and oxygen atoms in total. The maximum atomic E-state index is 12.7. The first-order valence-electron chi connectivity index (χ1n) is 8.90. The van der Waals surface area contributed by atoms with Crippen molar-refractivity contribution in [1.29, 1.82) is 0 Å². The van der Waals surface area contributed by atoms with E-state index in [9.17, 15) is 14.9 Å². The van der Waals surface area contributed by atoms with Gasteiger partial charge in [0.15, 0.2) is 0 Å². The third kappa shape index (κ3) is 4.69. The number of amides is 1. The number of methoxy groups -OCH3 is 1. The molecule has 0 spiro atoms. The number of nitrogens with one attached hydrogen (secondary N) is 1. The van der Waals surface area contributed by atoms with Crippen LogP contribution in [0.2, 0.25) is 5.02 Å². The topological polar surface area (TPSA) is 109 Å². The van der Waals surface area contributed by atoms with E-state index in [1.54, 1.807) is 45.2 Å². The predicted molar refractivity (Wildman–Crippen MR) is 111 cm³/mol. The van der Waals surface area contributed by atoms with Gasteiger partial charge in [-0.1, -0.05) is 11.6 Å². The van der Waals surface area contributed by atoms with Crippen molar-refractivity contribution in [3.05, 3.63) is 69.5 Å². The molecule has 0 fully saturated rings. The number of carbonyl (C=O) groups excluding carboxylic acids is 1. The fourth-order valence-corrected chi connectivity index (χ4v) is 2.88. The number of nitro benzene ring substituents is 1. The van der Waals surface area contributed by atoms with Crippen molar-refractivity contribution in [1.82, 2.24) is 9.78 Å². The number of hydrogen-bond acceptors (Lipinski definition) is 6. The lowest BCUT2D eigenvalue weighted by molar-refractivity contribution is -0.384. The number of anilines is 1. The molecular formula is C20H19ClN4O5. The van der Waals surface area contributed by atoms with Crippen LogP contribution in [0.1, 0.15) is 18.7 Å². The van der Waals surface area contributed by atoms with Crippen molar-refractivity contribution in [3.63, 3.8) is 0 Å². The lowest BCUT2D eigenvalue weighted by Crippen LogP contribution is -2.25. The largest absolute Gasteiger partial charge is 0.497 e. The summed E-state index contributed by atoms with van der Waals surface area (Å²) >= 11 is 6.00. The molecule has 1 atom stereocenters. The predicted octanol–water partition coefficient (Wildman–Crippen LogP) is 4.75. The van der Waals surface area contributed by atoms with E-state index >= 15 is 0 Å². The van der Waals surface area contributed by atoms with E-state index in [2.05, 4.69) is 10.4 Å². The molecule has 3 aromatic rings. The van der Waals surface area contributed by atoms with Gasteiger partial charge in [0.25, 0.3) is 5.69 Å². The maximum absolute atomic E-state index is 12.7. The first-order valence-corrected chi connectivity index (χ1v) is 9.28. The van der Waals surface area contributed by atoms with Gasteiger partial charge in [0, 0.05) is 12.1 Å². The van der Waals surface area contributed by atoms with Crippen LogP contribution in [0, 0.1) is 17.0 Å². The Morgan fingerprint density at radius 3 is 2.43 bits per heavy atom. The molecular weight excluding hydrogens is 412 g/mol. The summed E-state index contributed by atoms with van der Waals surface area (Å²) in [5.41, 5.74) is 0.643. The highest BCUT2D eigenvalue weighted by Gasteiger charge is 2.20. The molecule has 30 heavy (non-hydrogen) atoms. The smallest absolute Gasteiger partial charge is 0.275 e. The van der Waals surface area contributed by atoms with Crippen LogP contribution in [0.5, 0.6) is 17.2 Å². The van der Waals surface area contributed by atoms with E-state index in [1.807, 2.05) is 0 Å². The Kier molecular flexibility index (Phi) is 6.22. The second-order valence-electron chi connectivity index (χ2n) is 6.44. The van der Waals surface area contributed by atoms with Gasteiger partial charge in [-0.3, -0.25) is 19.6 Å². The van der Waals surface area contributed by atoms with Gasteiger partial charge in [0.1, 0.15) is 23.3 Å². The normalized spacial score (nSPS) is 11.6. The minimum Gasteiger partial charge on any atom is -0.497 e. The summed E-state index contributed by atoms with van der Waals surface area (Å²) < 4.78 is 12.3. The molecule has 3 rings (SSSR count). The van der Waals surface area contributed by atoms with Crippen LogP contribution in [0.4, 0.5) is 11.4 Å². The number of ether oxygens (including phenoxy) is 2. The number of hydrogen-bond donors (Lipinski definition) is 1. The fourth-order valence-electron chi connectivity index (χ4n) is 2.75. The minimum absolute atomic E-state index is 0.204. The molecule has 0 aliphatic heterocycles. The van der Waals surface area contributed by atoms with Gasteiger partial charge in [-0.25, -0.2) is 0 Å². The van der Waals surface area contributed by atoms with Crippen LogP contribution >= 0.6 is 11.6 Å². The van der Waals surface area contributed by atoms with E-state index in [1.165, 1.54) is 29.1 Å². The highest BCUT2D eigenvalue weighted by molar-refractivity contribution is 6.31. The van der Waals surface area contributed by atoms with Crippen molar-refractivity contribution in [2.24, 2.45) is 0 Å². The van der Waals surface area contributed by atoms with Crippen LogP contribution in [0.25, 0.3) is 0 Å². The van der Waals surface area contributed by atoms with Gasteiger partial charge in [-0.2, -0.15) is 5.10 Å². The second kappa shape index (κ2) is 8.83. The van der Waals surface area contributed by atoms with Crippen molar-refractivity contribution in [3.8, 4) is 17.2 Å². The zero-order valence-corrected chi connectivity index (χ0v) is 17.2. The molecule has 0 saturated carbocycles.